The molecule has 5 aromatic rings. The molecule has 2 aromatic heterocycles. The predicted molar refractivity (Wildman–Crippen MR) is 130 cm³/mol. The van der Waals surface area contributed by atoms with Gasteiger partial charge in [-0.3, -0.25) is 14.7 Å². The Kier molecular flexibility index (Phi) is 5.71. The van der Waals surface area contributed by atoms with Crippen molar-refractivity contribution in [1.29, 1.82) is 0 Å². The molecule has 0 fully saturated rings. The first kappa shape index (κ1) is 20.4. The van der Waals surface area contributed by atoms with Crippen molar-refractivity contribution in [3.05, 3.63) is 95.8 Å². The van der Waals surface area contributed by atoms with E-state index in [1.165, 1.54) is 11.3 Å². The normalized spacial score (nSPS) is 11.0. The Hall–Kier alpha value is -3.48. The predicted octanol–water partition coefficient (Wildman–Crippen LogP) is 6.11. The average molecular weight is 460 g/mol. The number of rotatable bonds is 6. The molecule has 0 saturated heterocycles. The summed E-state index contributed by atoms with van der Waals surface area (Å²) in [5.74, 6) is 0.460. The van der Waals surface area contributed by atoms with E-state index in [9.17, 15) is 4.79 Å². The SMILES string of the molecule is O=C(COc1ccc2ccccc2c1)N(Cc1cccnc1)c1nc2ccc(Cl)cc2s1. The number of amides is 1. The van der Waals surface area contributed by atoms with Gasteiger partial charge in [-0.1, -0.05) is 59.3 Å². The van der Waals surface area contributed by atoms with E-state index in [-0.39, 0.29) is 12.5 Å². The lowest BCUT2D eigenvalue weighted by atomic mass is 10.1. The van der Waals surface area contributed by atoms with Gasteiger partial charge < -0.3 is 4.74 Å². The maximum absolute atomic E-state index is 13.2. The quantitative estimate of drug-likeness (QED) is 0.307. The number of aromatic nitrogens is 2. The first-order valence-corrected chi connectivity index (χ1v) is 11.2. The third-order valence-electron chi connectivity index (χ3n) is 5.02. The summed E-state index contributed by atoms with van der Waals surface area (Å²) in [6, 6.07) is 23.1. The second kappa shape index (κ2) is 8.94. The second-order valence-electron chi connectivity index (χ2n) is 7.25. The lowest BCUT2D eigenvalue weighted by Crippen LogP contribution is -2.34. The highest BCUT2D eigenvalue weighted by Crippen LogP contribution is 2.32. The van der Waals surface area contributed by atoms with Gasteiger partial charge in [-0.05, 0) is 52.7 Å². The molecule has 0 spiro atoms. The Morgan fingerprint density at radius 3 is 2.72 bits per heavy atom. The van der Waals surface area contributed by atoms with Crippen molar-refractivity contribution in [3.63, 3.8) is 0 Å². The molecule has 3 aromatic carbocycles. The van der Waals surface area contributed by atoms with Crippen LogP contribution in [0.25, 0.3) is 21.0 Å². The highest BCUT2D eigenvalue weighted by Gasteiger charge is 2.21. The van der Waals surface area contributed by atoms with Crippen molar-refractivity contribution >= 4 is 55.0 Å². The number of pyridine rings is 1. The van der Waals surface area contributed by atoms with Gasteiger partial charge in [0.15, 0.2) is 11.7 Å². The topological polar surface area (TPSA) is 55.3 Å². The minimum absolute atomic E-state index is 0.102. The molecule has 32 heavy (non-hydrogen) atoms. The largest absolute Gasteiger partial charge is 0.484 e. The molecule has 5 nitrogen and oxygen atoms in total. The molecular formula is C25H18ClN3O2S. The monoisotopic (exact) mass is 459 g/mol. The standard InChI is InChI=1S/C25H18ClN3O2S/c26-20-8-10-22-23(13-20)32-25(28-22)29(15-17-4-3-11-27-14-17)24(30)16-31-21-9-7-18-5-1-2-6-19(18)12-21/h1-14H,15-16H2. The van der Waals surface area contributed by atoms with Crippen LogP contribution < -0.4 is 9.64 Å². The second-order valence-corrected chi connectivity index (χ2v) is 8.69. The summed E-state index contributed by atoms with van der Waals surface area (Å²) in [6.07, 6.45) is 3.45. The third kappa shape index (κ3) is 4.42. The van der Waals surface area contributed by atoms with Gasteiger partial charge in [-0.2, -0.15) is 0 Å². The van der Waals surface area contributed by atoms with Gasteiger partial charge in [0.1, 0.15) is 5.75 Å². The fourth-order valence-electron chi connectivity index (χ4n) is 3.42. The Morgan fingerprint density at radius 1 is 1.00 bits per heavy atom. The van der Waals surface area contributed by atoms with Gasteiger partial charge in [-0.25, -0.2) is 4.98 Å². The van der Waals surface area contributed by atoms with Gasteiger partial charge in [-0.15, -0.1) is 0 Å². The number of nitrogens with zero attached hydrogens (tertiary/aromatic N) is 3. The van der Waals surface area contributed by atoms with Crippen LogP contribution in [0.3, 0.4) is 0 Å². The van der Waals surface area contributed by atoms with Crippen molar-refractivity contribution in [3.8, 4) is 5.75 Å². The smallest absolute Gasteiger partial charge is 0.267 e. The molecule has 2 heterocycles. The van der Waals surface area contributed by atoms with E-state index in [4.69, 9.17) is 16.3 Å². The van der Waals surface area contributed by atoms with Gasteiger partial charge in [0, 0.05) is 17.4 Å². The van der Waals surface area contributed by atoms with Gasteiger partial charge in [0.2, 0.25) is 0 Å². The summed E-state index contributed by atoms with van der Waals surface area (Å²) in [6.45, 7) is 0.247. The molecular weight excluding hydrogens is 442 g/mol. The molecule has 0 N–H and O–H groups in total. The molecule has 5 rings (SSSR count). The maximum Gasteiger partial charge on any atom is 0.267 e. The zero-order valence-corrected chi connectivity index (χ0v) is 18.5. The minimum Gasteiger partial charge on any atom is -0.484 e. The molecule has 0 radical (unpaired) electrons. The molecule has 7 heteroatoms. The fraction of sp³-hybridized carbons (Fsp3) is 0.0800. The highest BCUT2D eigenvalue weighted by atomic mass is 35.5. The summed E-state index contributed by atoms with van der Waals surface area (Å²) < 4.78 is 6.78. The number of carbonyl (C=O) groups is 1. The Labute approximate surface area is 193 Å². The summed E-state index contributed by atoms with van der Waals surface area (Å²) in [7, 11) is 0. The Morgan fingerprint density at radius 2 is 1.88 bits per heavy atom. The zero-order chi connectivity index (χ0) is 21.9. The lowest BCUT2D eigenvalue weighted by Gasteiger charge is -2.20. The maximum atomic E-state index is 13.2. The minimum atomic E-state index is -0.188. The van der Waals surface area contributed by atoms with Crippen LogP contribution in [0.15, 0.2) is 85.2 Å². The number of hydrogen-bond donors (Lipinski definition) is 0. The van der Waals surface area contributed by atoms with Crippen LogP contribution in [-0.2, 0) is 11.3 Å². The fourth-order valence-corrected chi connectivity index (χ4v) is 4.68. The first-order valence-electron chi connectivity index (χ1n) is 10.0. The summed E-state index contributed by atoms with van der Waals surface area (Å²) in [5, 5.41) is 3.42. The average Bonchev–Trinajstić information content (AvgIpc) is 3.24. The van der Waals surface area contributed by atoms with E-state index >= 15 is 0 Å². The van der Waals surface area contributed by atoms with Crippen LogP contribution in [0.4, 0.5) is 5.13 Å². The number of benzene rings is 3. The molecule has 158 valence electrons. The van der Waals surface area contributed by atoms with Crippen LogP contribution in [0.2, 0.25) is 5.02 Å². The van der Waals surface area contributed by atoms with Crippen molar-refractivity contribution in [2.24, 2.45) is 0 Å². The molecule has 0 bridgehead atoms. The number of ether oxygens (including phenoxy) is 1. The number of anilines is 1. The molecule has 0 aliphatic heterocycles. The Bertz CT molecular complexity index is 1400. The number of carbonyl (C=O) groups excluding carboxylic acids is 1. The number of halogens is 1. The van der Waals surface area contributed by atoms with E-state index < -0.39 is 0 Å². The molecule has 0 aliphatic carbocycles. The van der Waals surface area contributed by atoms with Crippen molar-refractivity contribution in [2.75, 3.05) is 11.5 Å². The third-order valence-corrected chi connectivity index (χ3v) is 6.29. The van der Waals surface area contributed by atoms with Crippen molar-refractivity contribution in [2.45, 2.75) is 6.54 Å². The van der Waals surface area contributed by atoms with E-state index in [0.717, 1.165) is 26.6 Å². The Balaban J connectivity index is 1.41. The van der Waals surface area contributed by atoms with E-state index in [1.807, 2.05) is 66.7 Å². The molecule has 0 atom stereocenters. The summed E-state index contributed by atoms with van der Waals surface area (Å²) >= 11 is 7.55. The molecule has 0 saturated carbocycles. The molecule has 0 aliphatic rings. The van der Waals surface area contributed by atoms with Crippen LogP contribution in [-0.4, -0.2) is 22.5 Å². The van der Waals surface area contributed by atoms with Crippen LogP contribution in [0, 0.1) is 0 Å². The van der Waals surface area contributed by atoms with Crippen LogP contribution in [0.5, 0.6) is 5.75 Å². The van der Waals surface area contributed by atoms with Gasteiger partial charge in [0.05, 0.1) is 16.8 Å². The van der Waals surface area contributed by atoms with E-state index in [0.29, 0.717) is 22.4 Å². The van der Waals surface area contributed by atoms with Crippen LogP contribution in [0.1, 0.15) is 5.56 Å². The molecule has 1 amide bonds. The van der Waals surface area contributed by atoms with Crippen molar-refractivity contribution in [1.82, 2.24) is 9.97 Å². The lowest BCUT2D eigenvalue weighted by molar-refractivity contribution is -0.120. The van der Waals surface area contributed by atoms with E-state index in [2.05, 4.69) is 9.97 Å². The number of thiazole rings is 1. The highest BCUT2D eigenvalue weighted by molar-refractivity contribution is 7.22. The van der Waals surface area contributed by atoms with E-state index in [1.54, 1.807) is 23.4 Å². The number of fused-ring (bicyclic) bond motifs is 2. The van der Waals surface area contributed by atoms with Crippen LogP contribution >= 0.6 is 22.9 Å². The number of hydrogen-bond acceptors (Lipinski definition) is 5. The van der Waals surface area contributed by atoms with Crippen molar-refractivity contribution < 1.29 is 9.53 Å². The first-order chi connectivity index (χ1) is 15.7. The summed E-state index contributed by atoms with van der Waals surface area (Å²) in [4.78, 5) is 23.7. The van der Waals surface area contributed by atoms with Gasteiger partial charge in [0.25, 0.3) is 5.91 Å². The zero-order valence-electron chi connectivity index (χ0n) is 16.9. The molecule has 0 unspecified atom stereocenters. The summed E-state index contributed by atoms with van der Waals surface area (Å²) in [5.41, 5.74) is 1.71. The van der Waals surface area contributed by atoms with Gasteiger partial charge >= 0.3 is 0 Å².